The van der Waals surface area contributed by atoms with Gasteiger partial charge in [0.05, 0.1) is 18.4 Å². The highest BCUT2D eigenvalue weighted by Crippen LogP contribution is 2.31. The number of rotatable bonds is 2. The van der Waals surface area contributed by atoms with Crippen molar-refractivity contribution in [3.05, 3.63) is 48.0 Å². The van der Waals surface area contributed by atoms with E-state index in [-0.39, 0.29) is 0 Å². The third kappa shape index (κ3) is 1.69. The Morgan fingerprint density at radius 3 is 2.78 bits per heavy atom. The molecule has 0 aliphatic carbocycles. The first-order valence-electron chi connectivity index (χ1n) is 6.56. The van der Waals surface area contributed by atoms with Crippen molar-refractivity contribution in [3.63, 3.8) is 0 Å². The van der Waals surface area contributed by atoms with E-state index in [2.05, 4.69) is 66.2 Å². The van der Waals surface area contributed by atoms with Crippen LogP contribution < -0.4 is 0 Å². The smallest absolute Gasteiger partial charge is 0.0964 e. The molecule has 1 aliphatic rings. The first-order chi connectivity index (χ1) is 8.81. The summed E-state index contributed by atoms with van der Waals surface area (Å²) >= 11 is 0. The number of amidine groups is 1. The summed E-state index contributed by atoms with van der Waals surface area (Å²) < 4.78 is 0. The highest BCUT2D eigenvalue weighted by molar-refractivity contribution is 5.88. The fourth-order valence-corrected chi connectivity index (χ4v) is 2.89. The molecular weight excluding hydrogens is 220 g/mol. The fraction of sp³-hybridized carbons (Fsp3) is 0.312. The average Bonchev–Trinajstić information content (AvgIpc) is 2.79. The largest absolute Gasteiger partial charge is 0.352 e. The van der Waals surface area contributed by atoms with Crippen LogP contribution in [0, 0.1) is 0 Å². The maximum Gasteiger partial charge on any atom is 0.0964 e. The normalized spacial score (nSPS) is 19.3. The summed E-state index contributed by atoms with van der Waals surface area (Å²) in [6, 6.07) is 15.6. The Kier molecular flexibility index (Phi) is 2.78. The van der Waals surface area contributed by atoms with E-state index in [1.807, 2.05) is 0 Å². The Hall–Kier alpha value is -1.83. The zero-order valence-electron chi connectivity index (χ0n) is 10.9. The molecule has 0 saturated carbocycles. The number of nitrogens with zero attached hydrogens (tertiary/aromatic N) is 2. The van der Waals surface area contributed by atoms with Crippen molar-refractivity contribution in [2.24, 2.45) is 4.99 Å². The molecule has 2 aromatic rings. The predicted octanol–water partition coefficient (Wildman–Crippen LogP) is 3.63. The van der Waals surface area contributed by atoms with Crippen LogP contribution in [0.3, 0.4) is 0 Å². The summed E-state index contributed by atoms with van der Waals surface area (Å²) in [4.78, 5) is 6.99. The molecule has 3 rings (SSSR count). The zero-order chi connectivity index (χ0) is 12.5. The van der Waals surface area contributed by atoms with E-state index in [1.54, 1.807) is 0 Å². The molecule has 0 N–H and O–H groups in total. The monoisotopic (exact) mass is 238 g/mol. The molecule has 1 atom stereocenters. The van der Waals surface area contributed by atoms with Gasteiger partial charge >= 0.3 is 0 Å². The second-order valence-corrected chi connectivity index (χ2v) is 4.76. The molecule has 0 spiro atoms. The Morgan fingerprint density at radius 1 is 1.17 bits per heavy atom. The van der Waals surface area contributed by atoms with E-state index >= 15 is 0 Å². The molecule has 2 heteroatoms. The summed E-state index contributed by atoms with van der Waals surface area (Å²) in [7, 11) is 0. The van der Waals surface area contributed by atoms with Gasteiger partial charge in [-0.15, -0.1) is 0 Å². The minimum Gasteiger partial charge on any atom is -0.352 e. The molecule has 2 nitrogen and oxygen atoms in total. The van der Waals surface area contributed by atoms with Gasteiger partial charge in [-0.05, 0) is 30.2 Å². The SMILES string of the molecule is CCN1C(C)=NCC1c1cccc2ccccc12. The molecule has 0 radical (unpaired) electrons. The molecule has 1 heterocycles. The molecule has 2 aromatic carbocycles. The van der Waals surface area contributed by atoms with Crippen LogP contribution in [-0.4, -0.2) is 23.8 Å². The lowest BCUT2D eigenvalue weighted by molar-refractivity contribution is 0.368. The van der Waals surface area contributed by atoms with Crippen LogP contribution in [0.5, 0.6) is 0 Å². The number of likely N-dealkylation sites (N-methyl/N-ethyl adjacent to an activating group) is 1. The fourth-order valence-electron chi connectivity index (χ4n) is 2.89. The maximum absolute atomic E-state index is 4.60. The lowest BCUT2D eigenvalue weighted by atomic mass is 9.98. The Labute approximate surface area is 108 Å². The van der Waals surface area contributed by atoms with E-state index in [4.69, 9.17) is 0 Å². The van der Waals surface area contributed by atoms with Gasteiger partial charge in [0.2, 0.25) is 0 Å². The molecule has 0 fully saturated rings. The number of hydrogen-bond donors (Lipinski definition) is 0. The standard InChI is InChI=1S/C16H18N2/c1-3-18-12(2)17-11-16(18)15-10-6-8-13-7-4-5-9-14(13)15/h4-10,16H,3,11H2,1-2H3. The number of fused-ring (bicyclic) bond motifs is 1. The van der Waals surface area contributed by atoms with Gasteiger partial charge < -0.3 is 4.90 Å². The van der Waals surface area contributed by atoms with Gasteiger partial charge in [-0.1, -0.05) is 42.5 Å². The minimum atomic E-state index is 0.404. The van der Waals surface area contributed by atoms with E-state index < -0.39 is 0 Å². The molecule has 0 amide bonds. The van der Waals surface area contributed by atoms with Gasteiger partial charge in [0, 0.05) is 6.54 Å². The van der Waals surface area contributed by atoms with Crippen LogP contribution in [-0.2, 0) is 0 Å². The Bertz CT molecular complexity index is 596. The molecule has 0 saturated heterocycles. The summed E-state index contributed by atoms with van der Waals surface area (Å²) in [5.74, 6) is 1.16. The topological polar surface area (TPSA) is 15.6 Å². The average molecular weight is 238 g/mol. The van der Waals surface area contributed by atoms with Gasteiger partial charge in [0.25, 0.3) is 0 Å². The first kappa shape index (κ1) is 11.3. The molecule has 1 aliphatic heterocycles. The second-order valence-electron chi connectivity index (χ2n) is 4.76. The van der Waals surface area contributed by atoms with Crippen LogP contribution >= 0.6 is 0 Å². The Morgan fingerprint density at radius 2 is 1.94 bits per heavy atom. The van der Waals surface area contributed by atoms with Gasteiger partial charge in [-0.2, -0.15) is 0 Å². The van der Waals surface area contributed by atoms with Crippen molar-refractivity contribution < 1.29 is 0 Å². The van der Waals surface area contributed by atoms with E-state index in [0.717, 1.165) is 18.9 Å². The van der Waals surface area contributed by atoms with Crippen LogP contribution in [0.2, 0.25) is 0 Å². The van der Waals surface area contributed by atoms with Gasteiger partial charge in [0.1, 0.15) is 0 Å². The second kappa shape index (κ2) is 4.45. The molecule has 1 unspecified atom stereocenters. The van der Waals surface area contributed by atoms with Gasteiger partial charge in [-0.25, -0.2) is 0 Å². The lowest BCUT2D eigenvalue weighted by Crippen LogP contribution is -2.29. The number of aliphatic imine (C=N–C) groups is 1. The highest BCUT2D eigenvalue weighted by Gasteiger charge is 2.26. The van der Waals surface area contributed by atoms with Crippen molar-refractivity contribution in [1.82, 2.24) is 4.90 Å². The van der Waals surface area contributed by atoms with Crippen LogP contribution in [0.4, 0.5) is 0 Å². The summed E-state index contributed by atoms with van der Waals surface area (Å²) in [6.45, 7) is 6.20. The minimum absolute atomic E-state index is 0.404. The van der Waals surface area contributed by atoms with E-state index in [9.17, 15) is 0 Å². The molecule has 0 bridgehead atoms. The summed E-state index contributed by atoms with van der Waals surface area (Å²) in [5.41, 5.74) is 1.40. The van der Waals surface area contributed by atoms with Gasteiger partial charge in [-0.3, -0.25) is 4.99 Å². The molecular formula is C16H18N2. The van der Waals surface area contributed by atoms with E-state index in [0.29, 0.717) is 6.04 Å². The third-order valence-corrected chi connectivity index (χ3v) is 3.81. The first-order valence-corrected chi connectivity index (χ1v) is 6.56. The molecule has 92 valence electrons. The number of benzene rings is 2. The quantitative estimate of drug-likeness (QED) is 0.780. The summed E-state index contributed by atoms with van der Waals surface area (Å²) in [5, 5.41) is 2.67. The lowest BCUT2D eigenvalue weighted by Gasteiger charge is -2.26. The molecule has 18 heavy (non-hydrogen) atoms. The Balaban J connectivity index is 2.10. The van der Waals surface area contributed by atoms with Crippen molar-refractivity contribution >= 4 is 16.6 Å². The highest BCUT2D eigenvalue weighted by atomic mass is 15.3. The third-order valence-electron chi connectivity index (χ3n) is 3.81. The van der Waals surface area contributed by atoms with Crippen LogP contribution in [0.15, 0.2) is 47.5 Å². The maximum atomic E-state index is 4.60. The number of hydrogen-bond acceptors (Lipinski definition) is 2. The van der Waals surface area contributed by atoms with Crippen molar-refractivity contribution in [3.8, 4) is 0 Å². The zero-order valence-corrected chi connectivity index (χ0v) is 10.9. The van der Waals surface area contributed by atoms with Crippen molar-refractivity contribution in [2.45, 2.75) is 19.9 Å². The van der Waals surface area contributed by atoms with Crippen molar-refractivity contribution in [2.75, 3.05) is 13.1 Å². The summed E-state index contributed by atoms with van der Waals surface area (Å²) in [6.07, 6.45) is 0. The van der Waals surface area contributed by atoms with Crippen molar-refractivity contribution in [1.29, 1.82) is 0 Å². The van der Waals surface area contributed by atoms with Crippen LogP contribution in [0.25, 0.3) is 10.8 Å². The van der Waals surface area contributed by atoms with Gasteiger partial charge in [0.15, 0.2) is 0 Å². The molecule has 0 aromatic heterocycles. The predicted molar refractivity (Wildman–Crippen MR) is 77.0 cm³/mol. The van der Waals surface area contributed by atoms with E-state index in [1.165, 1.54) is 16.3 Å². The van der Waals surface area contributed by atoms with Crippen LogP contribution in [0.1, 0.15) is 25.5 Å².